The highest BCUT2D eigenvalue weighted by atomic mass is 16.5. The van der Waals surface area contributed by atoms with Gasteiger partial charge in [-0.1, -0.05) is 26.7 Å². The summed E-state index contributed by atoms with van der Waals surface area (Å²) in [5, 5.41) is 3.76. The van der Waals surface area contributed by atoms with E-state index in [0.29, 0.717) is 6.10 Å². The third-order valence-electron chi connectivity index (χ3n) is 4.04. The van der Waals surface area contributed by atoms with Gasteiger partial charge >= 0.3 is 0 Å². The molecule has 1 N–H and O–H groups in total. The van der Waals surface area contributed by atoms with Crippen molar-refractivity contribution in [1.82, 2.24) is 5.32 Å². The molecule has 0 aromatic carbocycles. The van der Waals surface area contributed by atoms with Gasteiger partial charge in [-0.2, -0.15) is 0 Å². The molecule has 2 heteroatoms. The van der Waals surface area contributed by atoms with E-state index in [0.717, 1.165) is 24.5 Å². The van der Waals surface area contributed by atoms with Crippen molar-refractivity contribution in [3.8, 4) is 0 Å². The van der Waals surface area contributed by atoms with E-state index in [1.165, 1.54) is 51.5 Å². The van der Waals surface area contributed by atoms with E-state index >= 15 is 0 Å². The molecular weight excluding hydrogens is 234 g/mol. The molecule has 1 fully saturated rings. The zero-order chi connectivity index (χ0) is 14.1. The summed E-state index contributed by atoms with van der Waals surface area (Å²) in [5.74, 6) is 1.83. The van der Waals surface area contributed by atoms with E-state index in [2.05, 4.69) is 33.0 Å². The first-order valence-corrected chi connectivity index (χ1v) is 8.43. The van der Waals surface area contributed by atoms with Crippen LogP contribution in [0.3, 0.4) is 0 Å². The molecule has 1 aliphatic carbocycles. The average molecular weight is 269 g/mol. The Balaban J connectivity index is 2.02. The largest absolute Gasteiger partial charge is 0.379 e. The molecule has 1 aliphatic rings. The Morgan fingerprint density at radius 2 is 1.89 bits per heavy atom. The molecular formula is C17H35NO. The molecule has 0 heterocycles. The van der Waals surface area contributed by atoms with Crippen molar-refractivity contribution in [3.05, 3.63) is 0 Å². The minimum absolute atomic E-state index is 0.378. The Hall–Kier alpha value is -0.0800. The van der Waals surface area contributed by atoms with Crippen LogP contribution >= 0.6 is 0 Å². The normalized spacial score (nSPS) is 24.3. The third kappa shape index (κ3) is 8.65. The Morgan fingerprint density at radius 3 is 2.58 bits per heavy atom. The number of hydrogen-bond donors (Lipinski definition) is 1. The monoisotopic (exact) mass is 269 g/mol. The molecule has 0 bridgehead atoms. The third-order valence-corrected chi connectivity index (χ3v) is 4.04. The SMILES string of the molecule is CC(C)CC1CCCC(NCCCCOC(C)C)C1. The topological polar surface area (TPSA) is 21.3 Å². The summed E-state index contributed by atoms with van der Waals surface area (Å²) in [5.41, 5.74) is 0. The molecule has 0 aliphatic heterocycles. The highest BCUT2D eigenvalue weighted by molar-refractivity contribution is 4.78. The van der Waals surface area contributed by atoms with Gasteiger partial charge in [0.05, 0.1) is 6.10 Å². The van der Waals surface area contributed by atoms with Crippen LogP contribution in [0.15, 0.2) is 0 Å². The Labute approximate surface area is 120 Å². The van der Waals surface area contributed by atoms with E-state index in [9.17, 15) is 0 Å². The van der Waals surface area contributed by atoms with E-state index in [-0.39, 0.29) is 0 Å². The van der Waals surface area contributed by atoms with Crippen molar-refractivity contribution in [3.63, 3.8) is 0 Å². The Morgan fingerprint density at radius 1 is 1.11 bits per heavy atom. The fraction of sp³-hybridized carbons (Fsp3) is 1.00. The van der Waals surface area contributed by atoms with Crippen LogP contribution in [0.25, 0.3) is 0 Å². The highest BCUT2D eigenvalue weighted by Crippen LogP contribution is 2.29. The standard InChI is InChI=1S/C17H35NO/c1-14(2)12-16-8-7-9-17(13-16)18-10-5-6-11-19-15(3)4/h14-18H,5-13H2,1-4H3. The minimum atomic E-state index is 0.378. The van der Waals surface area contributed by atoms with Gasteiger partial charge in [0.25, 0.3) is 0 Å². The summed E-state index contributed by atoms with van der Waals surface area (Å²) in [7, 11) is 0. The number of unbranched alkanes of at least 4 members (excludes halogenated alkanes) is 1. The second kappa shape index (κ2) is 9.77. The van der Waals surface area contributed by atoms with Gasteiger partial charge < -0.3 is 10.1 Å². The van der Waals surface area contributed by atoms with Crippen LogP contribution in [0, 0.1) is 11.8 Å². The molecule has 0 amide bonds. The fourth-order valence-electron chi connectivity index (χ4n) is 3.21. The van der Waals surface area contributed by atoms with Crippen LogP contribution in [-0.2, 0) is 4.74 Å². The van der Waals surface area contributed by atoms with Gasteiger partial charge in [0.15, 0.2) is 0 Å². The van der Waals surface area contributed by atoms with Crippen molar-refractivity contribution in [2.45, 2.75) is 84.8 Å². The predicted molar refractivity (Wildman–Crippen MR) is 83.5 cm³/mol. The molecule has 0 saturated heterocycles. The van der Waals surface area contributed by atoms with Crippen LogP contribution in [0.2, 0.25) is 0 Å². The van der Waals surface area contributed by atoms with Crippen LogP contribution in [-0.4, -0.2) is 25.3 Å². The van der Waals surface area contributed by atoms with E-state index in [1.54, 1.807) is 0 Å². The second-order valence-electron chi connectivity index (χ2n) is 6.94. The van der Waals surface area contributed by atoms with Crippen molar-refractivity contribution >= 4 is 0 Å². The number of hydrogen-bond acceptors (Lipinski definition) is 2. The van der Waals surface area contributed by atoms with Gasteiger partial charge in [-0.25, -0.2) is 0 Å². The Bertz CT molecular complexity index is 215. The van der Waals surface area contributed by atoms with Crippen molar-refractivity contribution in [1.29, 1.82) is 0 Å². The molecule has 1 rings (SSSR count). The zero-order valence-electron chi connectivity index (χ0n) is 13.6. The van der Waals surface area contributed by atoms with Gasteiger partial charge in [0, 0.05) is 12.6 Å². The molecule has 0 radical (unpaired) electrons. The quantitative estimate of drug-likeness (QED) is 0.627. The number of ether oxygens (including phenoxy) is 1. The lowest BCUT2D eigenvalue weighted by Gasteiger charge is -2.31. The van der Waals surface area contributed by atoms with Crippen molar-refractivity contribution < 1.29 is 4.74 Å². The van der Waals surface area contributed by atoms with Gasteiger partial charge in [-0.3, -0.25) is 0 Å². The summed E-state index contributed by atoms with van der Waals surface area (Å²) in [6.45, 7) is 11.0. The minimum Gasteiger partial charge on any atom is -0.379 e. The lowest BCUT2D eigenvalue weighted by molar-refractivity contribution is 0.0758. The van der Waals surface area contributed by atoms with E-state index in [4.69, 9.17) is 4.74 Å². The van der Waals surface area contributed by atoms with Crippen LogP contribution in [0.5, 0.6) is 0 Å². The van der Waals surface area contributed by atoms with Crippen LogP contribution < -0.4 is 5.32 Å². The summed E-state index contributed by atoms with van der Waals surface area (Å²) in [6, 6.07) is 0.781. The molecule has 114 valence electrons. The molecule has 0 aromatic heterocycles. The maximum Gasteiger partial charge on any atom is 0.0518 e. The van der Waals surface area contributed by atoms with E-state index < -0.39 is 0 Å². The summed E-state index contributed by atoms with van der Waals surface area (Å²) >= 11 is 0. The lowest BCUT2D eigenvalue weighted by atomic mass is 9.81. The molecule has 19 heavy (non-hydrogen) atoms. The molecule has 2 nitrogen and oxygen atoms in total. The summed E-state index contributed by atoms with van der Waals surface area (Å²) in [6.07, 6.45) is 9.90. The maximum absolute atomic E-state index is 5.57. The van der Waals surface area contributed by atoms with E-state index in [1.807, 2.05) is 0 Å². The molecule has 0 spiro atoms. The van der Waals surface area contributed by atoms with Gasteiger partial charge in [0.1, 0.15) is 0 Å². The number of nitrogens with one attached hydrogen (secondary N) is 1. The van der Waals surface area contributed by atoms with Crippen LogP contribution in [0.1, 0.15) is 72.6 Å². The van der Waals surface area contributed by atoms with Crippen molar-refractivity contribution in [2.75, 3.05) is 13.2 Å². The first kappa shape index (κ1) is 17.0. The smallest absolute Gasteiger partial charge is 0.0518 e. The van der Waals surface area contributed by atoms with Crippen molar-refractivity contribution in [2.24, 2.45) is 11.8 Å². The summed E-state index contributed by atoms with van der Waals surface area (Å²) < 4.78 is 5.57. The summed E-state index contributed by atoms with van der Waals surface area (Å²) in [4.78, 5) is 0. The molecule has 0 aromatic rings. The zero-order valence-corrected chi connectivity index (χ0v) is 13.6. The average Bonchev–Trinajstić information content (AvgIpc) is 2.33. The Kier molecular flexibility index (Phi) is 8.72. The maximum atomic E-state index is 5.57. The van der Waals surface area contributed by atoms with Crippen LogP contribution in [0.4, 0.5) is 0 Å². The first-order chi connectivity index (χ1) is 9.08. The molecule has 2 atom stereocenters. The van der Waals surface area contributed by atoms with Gasteiger partial charge in [-0.15, -0.1) is 0 Å². The predicted octanol–water partition coefficient (Wildman–Crippen LogP) is 4.39. The lowest BCUT2D eigenvalue weighted by Crippen LogP contribution is -2.35. The fourth-order valence-corrected chi connectivity index (χ4v) is 3.21. The first-order valence-electron chi connectivity index (χ1n) is 8.43. The van der Waals surface area contributed by atoms with Gasteiger partial charge in [-0.05, 0) is 64.3 Å². The molecule has 2 unspecified atom stereocenters. The molecule has 1 saturated carbocycles. The second-order valence-corrected chi connectivity index (χ2v) is 6.94. The van der Waals surface area contributed by atoms with Gasteiger partial charge in [0.2, 0.25) is 0 Å². The highest BCUT2D eigenvalue weighted by Gasteiger charge is 2.21. The number of rotatable bonds is 9.